The van der Waals surface area contributed by atoms with E-state index >= 15 is 0 Å². The quantitative estimate of drug-likeness (QED) is 0.837. The van der Waals surface area contributed by atoms with Crippen LogP contribution in [-0.2, 0) is 0 Å². The van der Waals surface area contributed by atoms with Crippen LogP contribution in [0.1, 0.15) is 5.56 Å². The number of benzene rings is 2. The zero-order valence-electron chi connectivity index (χ0n) is 9.88. The fourth-order valence-corrected chi connectivity index (χ4v) is 1.50. The van der Waals surface area contributed by atoms with Crippen LogP contribution in [0.4, 0.5) is 5.69 Å². The van der Waals surface area contributed by atoms with Gasteiger partial charge in [0.2, 0.25) is 0 Å². The summed E-state index contributed by atoms with van der Waals surface area (Å²) >= 11 is 0. The van der Waals surface area contributed by atoms with E-state index in [0.29, 0.717) is 28.5 Å². The fraction of sp³-hybridized carbons (Fsp3) is 0.0714. The molecular weight excluding hydrogens is 228 g/mol. The Balaban J connectivity index is 2.39. The summed E-state index contributed by atoms with van der Waals surface area (Å²) in [6.07, 6.45) is 0. The average Bonchev–Trinajstić information content (AvgIpc) is 2.41. The van der Waals surface area contributed by atoms with Crippen LogP contribution < -0.4 is 15.2 Å². The molecule has 0 amide bonds. The highest BCUT2D eigenvalue weighted by Gasteiger charge is 2.08. The van der Waals surface area contributed by atoms with Crippen LogP contribution in [0, 0.1) is 11.3 Å². The first-order valence-electron chi connectivity index (χ1n) is 5.35. The third kappa shape index (κ3) is 2.36. The van der Waals surface area contributed by atoms with Crippen molar-refractivity contribution in [1.82, 2.24) is 0 Å². The Morgan fingerprint density at radius 2 is 1.89 bits per heavy atom. The van der Waals surface area contributed by atoms with E-state index in [4.69, 9.17) is 20.5 Å². The molecule has 0 heterocycles. The molecule has 2 aromatic rings. The molecule has 0 aliphatic heterocycles. The maximum absolute atomic E-state index is 9.03. The number of hydrogen-bond acceptors (Lipinski definition) is 4. The highest BCUT2D eigenvalue weighted by atomic mass is 16.5. The molecule has 0 spiro atoms. The second-order valence-electron chi connectivity index (χ2n) is 3.61. The van der Waals surface area contributed by atoms with Gasteiger partial charge in [-0.3, -0.25) is 0 Å². The number of rotatable bonds is 3. The number of nitrogens with zero attached hydrogens (tertiary/aromatic N) is 1. The fourth-order valence-electron chi connectivity index (χ4n) is 1.50. The lowest BCUT2D eigenvalue weighted by atomic mass is 10.2. The van der Waals surface area contributed by atoms with Crippen LogP contribution in [0.25, 0.3) is 0 Å². The zero-order valence-corrected chi connectivity index (χ0v) is 9.88. The number of para-hydroxylation sites is 2. The van der Waals surface area contributed by atoms with Crippen LogP contribution >= 0.6 is 0 Å². The Morgan fingerprint density at radius 1 is 1.11 bits per heavy atom. The van der Waals surface area contributed by atoms with Crippen LogP contribution in [0.2, 0.25) is 0 Å². The van der Waals surface area contributed by atoms with Gasteiger partial charge in [-0.15, -0.1) is 0 Å². The SMILES string of the molecule is COc1ccc(C#N)c(Oc2ccccc2N)c1. The Labute approximate surface area is 105 Å². The van der Waals surface area contributed by atoms with Crippen LogP contribution in [0.5, 0.6) is 17.2 Å². The van der Waals surface area contributed by atoms with Crippen LogP contribution in [-0.4, -0.2) is 7.11 Å². The predicted octanol–water partition coefficient (Wildman–Crippen LogP) is 2.94. The summed E-state index contributed by atoms with van der Waals surface area (Å²) in [5.74, 6) is 1.57. The van der Waals surface area contributed by atoms with Crippen molar-refractivity contribution in [3.63, 3.8) is 0 Å². The van der Waals surface area contributed by atoms with Gasteiger partial charge in [0.05, 0.1) is 18.4 Å². The van der Waals surface area contributed by atoms with E-state index in [9.17, 15) is 0 Å². The molecule has 18 heavy (non-hydrogen) atoms. The Hall–Kier alpha value is -2.67. The van der Waals surface area contributed by atoms with Crippen LogP contribution in [0.3, 0.4) is 0 Å². The Kier molecular flexibility index (Phi) is 3.35. The summed E-state index contributed by atoms with van der Waals surface area (Å²) in [7, 11) is 1.56. The van der Waals surface area contributed by atoms with Crippen molar-refractivity contribution in [2.24, 2.45) is 0 Å². The lowest BCUT2D eigenvalue weighted by Crippen LogP contribution is -1.94. The van der Waals surface area contributed by atoms with Gasteiger partial charge in [0.1, 0.15) is 23.3 Å². The molecule has 0 aliphatic carbocycles. The minimum absolute atomic E-state index is 0.426. The number of methoxy groups -OCH3 is 1. The predicted molar refractivity (Wildman–Crippen MR) is 68.6 cm³/mol. The first-order valence-corrected chi connectivity index (χ1v) is 5.35. The number of ether oxygens (including phenoxy) is 2. The molecule has 0 atom stereocenters. The lowest BCUT2D eigenvalue weighted by Gasteiger charge is -2.10. The number of hydrogen-bond donors (Lipinski definition) is 1. The summed E-state index contributed by atoms with van der Waals surface area (Å²) in [4.78, 5) is 0. The maximum atomic E-state index is 9.03. The summed E-state index contributed by atoms with van der Waals surface area (Å²) in [6.45, 7) is 0. The smallest absolute Gasteiger partial charge is 0.150 e. The molecule has 2 N–H and O–H groups in total. The first-order chi connectivity index (χ1) is 8.74. The third-order valence-electron chi connectivity index (χ3n) is 2.45. The van der Waals surface area contributed by atoms with Crippen molar-refractivity contribution in [2.45, 2.75) is 0 Å². The van der Waals surface area contributed by atoms with Gasteiger partial charge in [0, 0.05) is 6.07 Å². The summed E-state index contributed by atoms with van der Waals surface area (Å²) in [5.41, 5.74) is 6.74. The van der Waals surface area contributed by atoms with E-state index in [1.807, 2.05) is 12.1 Å². The minimum Gasteiger partial charge on any atom is -0.497 e. The van der Waals surface area contributed by atoms with E-state index in [-0.39, 0.29) is 0 Å². The highest BCUT2D eigenvalue weighted by Crippen LogP contribution is 2.31. The molecule has 0 aliphatic rings. The second kappa shape index (κ2) is 5.11. The van der Waals surface area contributed by atoms with Crippen molar-refractivity contribution in [1.29, 1.82) is 5.26 Å². The summed E-state index contributed by atoms with van der Waals surface area (Å²) in [6, 6.07) is 14.2. The first kappa shape index (κ1) is 11.8. The molecule has 0 aromatic heterocycles. The Bertz CT molecular complexity index is 603. The van der Waals surface area contributed by atoms with Crippen molar-refractivity contribution in [3.8, 4) is 23.3 Å². The second-order valence-corrected chi connectivity index (χ2v) is 3.61. The van der Waals surface area contributed by atoms with Crippen molar-refractivity contribution in [3.05, 3.63) is 48.0 Å². The molecule has 0 saturated carbocycles. The molecule has 0 saturated heterocycles. The number of nitriles is 1. The summed E-state index contributed by atoms with van der Waals surface area (Å²) in [5, 5.41) is 9.03. The molecule has 0 radical (unpaired) electrons. The molecule has 0 bridgehead atoms. The van der Waals surface area contributed by atoms with Gasteiger partial charge >= 0.3 is 0 Å². The van der Waals surface area contributed by atoms with Gasteiger partial charge < -0.3 is 15.2 Å². The van der Waals surface area contributed by atoms with Gasteiger partial charge in [-0.2, -0.15) is 5.26 Å². The van der Waals surface area contributed by atoms with E-state index in [2.05, 4.69) is 6.07 Å². The average molecular weight is 240 g/mol. The van der Waals surface area contributed by atoms with Gasteiger partial charge in [-0.1, -0.05) is 12.1 Å². The van der Waals surface area contributed by atoms with Crippen molar-refractivity contribution < 1.29 is 9.47 Å². The minimum atomic E-state index is 0.426. The Morgan fingerprint density at radius 3 is 2.56 bits per heavy atom. The topological polar surface area (TPSA) is 68.3 Å². The zero-order chi connectivity index (χ0) is 13.0. The number of anilines is 1. The van der Waals surface area contributed by atoms with E-state index in [1.165, 1.54) is 0 Å². The highest BCUT2D eigenvalue weighted by molar-refractivity contribution is 5.56. The lowest BCUT2D eigenvalue weighted by molar-refractivity contribution is 0.409. The largest absolute Gasteiger partial charge is 0.497 e. The summed E-state index contributed by atoms with van der Waals surface area (Å²) < 4.78 is 10.7. The molecule has 2 rings (SSSR count). The van der Waals surface area contributed by atoms with E-state index < -0.39 is 0 Å². The molecule has 0 fully saturated rings. The molecule has 4 nitrogen and oxygen atoms in total. The molecule has 2 aromatic carbocycles. The van der Waals surface area contributed by atoms with Gasteiger partial charge in [-0.25, -0.2) is 0 Å². The van der Waals surface area contributed by atoms with Crippen molar-refractivity contribution in [2.75, 3.05) is 12.8 Å². The van der Waals surface area contributed by atoms with Crippen molar-refractivity contribution >= 4 is 5.69 Å². The van der Waals surface area contributed by atoms with Gasteiger partial charge in [-0.05, 0) is 24.3 Å². The number of nitrogen functional groups attached to an aromatic ring is 1. The van der Waals surface area contributed by atoms with Gasteiger partial charge in [0.25, 0.3) is 0 Å². The number of nitrogens with two attached hydrogens (primary N) is 1. The monoisotopic (exact) mass is 240 g/mol. The molecule has 4 heteroatoms. The molecular formula is C14H12N2O2. The third-order valence-corrected chi connectivity index (χ3v) is 2.45. The normalized spacial score (nSPS) is 9.56. The van der Waals surface area contributed by atoms with E-state index in [0.717, 1.165) is 0 Å². The molecule has 90 valence electrons. The van der Waals surface area contributed by atoms with Gasteiger partial charge in [0.15, 0.2) is 0 Å². The standard InChI is InChI=1S/C14H12N2O2/c1-17-11-7-6-10(9-15)14(8-11)18-13-5-3-2-4-12(13)16/h2-8H,16H2,1H3. The van der Waals surface area contributed by atoms with Crippen LogP contribution in [0.15, 0.2) is 42.5 Å². The molecule has 0 unspecified atom stereocenters. The van der Waals surface area contributed by atoms with E-state index in [1.54, 1.807) is 37.4 Å². The maximum Gasteiger partial charge on any atom is 0.150 e.